The second-order valence-corrected chi connectivity index (χ2v) is 6.53. The molecule has 0 radical (unpaired) electrons. The Morgan fingerprint density at radius 1 is 1.38 bits per heavy atom. The molecule has 6 heteroatoms. The first-order valence-electron chi connectivity index (χ1n) is 6.60. The summed E-state index contributed by atoms with van der Waals surface area (Å²) in [7, 11) is 0. The zero-order valence-corrected chi connectivity index (χ0v) is 12.4. The van der Waals surface area contributed by atoms with E-state index in [1.807, 2.05) is 37.3 Å². The van der Waals surface area contributed by atoms with Gasteiger partial charge in [-0.15, -0.1) is 11.3 Å². The molecule has 1 aliphatic rings. The maximum absolute atomic E-state index is 12.4. The van der Waals surface area contributed by atoms with Gasteiger partial charge in [-0.05, 0) is 24.4 Å². The molecule has 21 heavy (non-hydrogen) atoms. The topological polar surface area (TPSA) is 66.8 Å². The van der Waals surface area contributed by atoms with E-state index in [2.05, 4.69) is 0 Å². The first-order chi connectivity index (χ1) is 9.97. The number of carboxylic acid groups (broad SMARTS) is 1. The van der Waals surface area contributed by atoms with Crippen LogP contribution in [0.5, 0.6) is 0 Å². The number of thiophene rings is 1. The molecule has 1 saturated heterocycles. The van der Waals surface area contributed by atoms with Crippen molar-refractivity contribution in [3.63, 3.8) is 0 Å². The Morgan fingerprint density at radius 2 is 2.10 bits per heavy atom. The fourth-order valence-electron chi connectivity index (χ4n) is 2.48. The standard InChI is InChI=1S/C15H15NO4S/c1-15(20-7-13(17)18)8-16(9-15)14(19)12-6-10-4-2-3-5-11(10)21-12/h2-6H,7-9H2,1H3,(H,17,18). The quantitative estimate of drug-likeness (QED) is 0.940. The number of hydrogen-bond donors (Lipinski definition) is 1. The van der Waals surface area contributed by atoms with Crippen molar-refractivity contribution in [1.82, 2.24) is 4.90 Å². The molecule has 0 aliphatic carbocycles. The van der Waals surface area contributed by atoms with Crippen LogP contribution in [0, 0.1) is 0 Å². The Bertz CT molecular complexity index is 670. The van der Waals surface area contributed by atoms with Gasteiger partial charge in [0.15, 0.2) is 0 Å². The van der Waals surface area contributed by atoms with Crippen LogP contribution in [0.15, 0.2) is 30.3 Å². The number of amides is 1. The van der Waals surface area contributed by atoms with Crippen molar-refractivity contribution >= 4 is 33.3 Å². The van der Waals surface area contributed by atoms with Crippen molar-refractivity contribution in [2.45, 2.75) is 12.5 Å². The summed E-state index contributed by atoms with van der Waals surface area (Å²) in [4.78, 5) is 25.3. The van der Waals surface area contributed by atoms with E-state index in [1.54, 1.807) is 4.90 Å². The molecule has 2 aromatic rings. The van der Waals surface area contributed by atoms with Crippen LogP contribution in [0.1, 0.15) is 16.6 Å². The normalized spacial score (nSPS) is 16.7. The molecule has 0 spiro atoms. The molecular weight excluding hydrogens is 290 g/mol. The van der Waals surface area contributed by atoms with Crippen LogP contribution in [0.3, 0.4) is 0 Å². The summed E-state index contributed by atoms with van der Waals surface area (Å²) in [5.41, 5.74) is -0.551. The van der Waals surface area contributed by atoms with Gasteiger partial charge in [0.05, 0.1) is 18.0 Å². The smallest absolute Gasteiger partial charge is 0.329 e. The fraction of sp³-hybridized carbons (Fsp3) is 0.333. The van der Waals surface area contributed by atoms with Gasteiger partial charge in [-0.25, -0.2) is 4.79 Å². The molecule has 0 unspecified atom stereocenters. The van der Waals surface area contributed by atoms with Gasteiger partial charge >= 0.3 is 5.97 Å². The average Bonchev–Trinajstić information content (AvgIpc) is 2.85. The van der Waals surface area contributed by atoms with Gasteiger partial charge in [0, 0.05) is 4.70 Å². The lowest BCUT2D eigenvalue weighted by atomic mass is 9.96. The molecule has 3 rings (SSSR count). The van der Waals surface area contributed by atoms with Gasteiger partial charge < -0.3 is 14.7 Å². The van der Waals surface area contributed by atoms with Crippen LogP contribution in [-0.4, -0.2) is 47.2 Å². The fourth-order valence-corrected chi connectivity index (χ4v) is 3.51. The highest BCUT2D eigenvalue weighted by Gasteiger charge is 2.43. The minimum absolute atomic E-state index is 0.0207. The zero-order valence-electron chi connectivity index (χ0n) is 11.5. The highest BCUT2D eigenvalue weighted by Crippen LogP contribution is 2.30. The van der Waals surface area contributed by atoms with Crippen molar-refractivity contribution in [2.75, 3.05) is 19.7 Å². The minimum Gasteiger partial charge on any atom is -0.480 e. The van der Waals surface area contributed by atoms with Crippen molar-refractivity contribution in [1.29, 1.82) is 0 Å². The summed E-state index contributed by atoms with van der Waals surface area (Å²) in [5.74, 6) is -1.02. The van der Waals surface area contributed by atoms with Crippen molar-refractivity contribution in [2.24, 2.45) is 0 Å². The Balaban J connectivity index is 1.66. The van der Waals surface area contributed by atoms with Gasteiger partial charge in [-0.3, -0.25) is 4.79 Å². The molecule has 1 aromatic carbocycles. The number of rotatable bonds is 4. The van der Waals surface area contributed by atoms with Crippen molar-refractivity contribution < 1.29 is 19.4 Å². The minimum atomic E-state index is -0.995. The lowest BCUT2D eigenvalue weighted by Gasteiger charge is -2.47. The Kier molecular flexibility index (Phi) is 3.43. The Labute approximate surface area is 125 Å². The molecule has 0 atom stereocenters. The molecule has 1 N–H and O–H groups in total. The van der Waals surface area contributed by atoms with E-state index in [1.165, 1.54) is 11.3 Å². The maximum atomic E-state index is 12.4. The number of carboxylic acids is 1. The molecule has 0 saturated carbocycles. The SMILES string of the molecule is CC1(OCC(=O)O)CN(C(=O)c2cc3ccccc3s2)C1. The number of aliphatic carboxylic acids is 1. The van der Waals surface area contributed by atoms with Crippen LogP contribution in [0.2, 0.25) is 0 Å². The highest BCUT2D eigenvalue weighted by atomic mass is 32.1. The zero-order chi connectivity index (χ0) is 15.0. The van der Waals surface area contributed by atoms with E-state index in [0.29, 0.717) is 18.0 Å². The van der Waals surface area contributed by atoms with Crippen LogP contribution in [0.25, 0.3) is 10.1 Å². The third-order valence-electron chi connectivity index (χ3n) is 3.52. The van der Waals surface area contributed by atoms with Gasteiger partial charge in [0.1, 0.15) is 12.2 Å². The molecule has 110 valence electrons. The molecule has 0 bridgehead atoms. The van der Waals surface area contributed by atoms with E-state index >= 15 is 0 Å². The summed E-state index contributed by atoms with van der Waals surface area (Å²) >= 11 is 1.48. The third-order valence-corrected chi connectivity index (χ3v) is 4.62. The lowest BCUT2D eigenvalue weighted by molar-refractivity contribution is -0.159. The number of carbonyl (C=O) groups is 2. The molecule has 1 amide bonds. The molecule has 5 nitrogen and oxygen atoms in total. The number of benzene rings is 1. The second-order valence-electron chi connectivity index (χ2n) is 5.44. The number of carbonyl (C=O) groups excluding carboxylic acids is 1. The largest absolute Gasteiger partial charge is 0.480 e. The van der Waals surface area contributed by atoms with Crippen LogP contribution < -0.4 is 0 Å². The van der Waals surface area contributed by atoms with Crippen LogP contribution in [-0.2, 0) is 9.53 Å². The monoisotopic (exact) mass is 305 g/mol. The van der Waals surface area contributed by atoms with Gasteiger partial charge in [-0.2, -0.15) is 0 Å². The van der Waals surface area contributed by atoms with Crippen LogP contribution in [0.4, 0.5) is 0 Å². The first kappa shape index (κ1) is 14.0. The maximum Gasteiger partial charge on any atom is 0.329 e. The molecular formula is C15H15NO4S. The second kappa shape index (κ2) is 5.13. The number of fused-ring (bicyclic) bond motifs is 1. The van der Waals surface area contributed by atoms with Gasteiger partial charge in [0.25, 0.3) is 5.91 Å². The summed E-state index contributed by atoms with van der Waals surface area (Å²) < 4.78 is 6.40. The lowest BCUT2D eigenvalue weighted by Crippen LogP contribution is -2.63. The molecule has 2 heterocycles. The highest BCUT2D eigenvalue weighted by molar-refractivity contribution is 7.20. The number of nitrogens with zero attached hydrogens (tertiary/aromatic N) is 1. The number of likely N-dealkylation sites (tertiary alicyclic amines) is 1. The van der Waals surface area contributed by atoms with E-state index in [-0.39, 0.29) is 12.5 Å². The third kappa shape index (κ3) is 2.77. The van der Waals surface area contributed by atoms with E-state index in [0.717, 1.165) is 10.1 Å². The number of ether oxygens (including phenoxy) is 1. The summed E-state index contributed by atoms with van der Waals surface area (Å²) in [6.45, 7) is 2.34. The molecule has 1 aliphatic heterocycles. The average molecular weight is 305 g/mol. The van der Waals surface area contributed by atoms with E-state index < -0.39 is 11.6 Å². The van der Waals surface area contributed by atoms with Gasteiger partial charge in [0.2, 0.25) is 0 Å². The summed E-state index contributed by atoms with van der Waals surface area (Å²) in [6, 6.07) is 9.78. The van der Waals surface area contributed by atoms with Crippen LogP contribution >= 0.6 is 11.3 Å². The van der Waals surface area contributed by atoms with Gasteiger partial charge in [-0.1, -0.05) is 18.2 Å². The first-order valence-corrected chi connectivity index (χ1v) is 7.42. The van der Waals surface area contributed by atoms with Crippen molar-refractivity contribution in [3.8, 4) is 0 Å². The predicted octanol–water partition coefficient (Wildman–Crippen LogP) is 2.22. The predicted molar refractivity (Wildman–Crippen MR) is 79.7 cm³/mol. The molecule has 1 aromatic heterocycles. The Morgan fingerprint density at radius 3 is 2.76 bits per heavy atom. The van der Waals surface area contributed by atoms with Crippen molar-refractivity contribution in [3.05, 3.63) is 35.2 Å². The number of hydrogen-bond acceptors (Lipinski definition) is 4. The Hall–Kier alpha value is -1.92. The summed E-state index contributed by atoms with van der Waals surface area (Å²) in [5, 5.41) is 9.69. The van der Waals surface area contributed by atoms with E-state index in [9.17, 15) is 9.59 Å². The summed E-state index contributed by atoms with van der Waals surface area (Å²) in [6.07, 6.45) is 0. The van der Waals surface area contributed by atoms with E-state index in [4.69, 9.17) is 9.84 Å². The molecule has 1 fully saturated rings.